The van der Waals surface area contributed by atoms with E-state index in [4.69, 9.17) is 4.74 Å². The highest BCUT2D eigenvalue weighted by Gasteiger charge is 2.30. The van der Waals surface area contributed by atoms with Crippen LogP contribution in [0.25, 0.3) is 6.08 Å². The number of amides is 1. The Bertz CT molecular complexity index is 727. The van der Waals surface area contributed by atoms with Crippen molar-refractivity contribution in [2.75, 3.05) is 13.1 Å². The van der Waals surface area contributed by atoms with Crippen LogP contribution in [0.1, 0.15) is 64.0 Å². The van der Waals surface area contributed by atoms with Gasteiger partial charge in [-0.3, -0.25) is 4.79 Å². The number of aliphatic carboxylic acids is 1. The zero-order valence-corrected chi connectivity index (χ0v) is 16.2. The van der Waals surface area contributed by atoms with Crippen molar-refractivity contribution >= 4 is 18.1 Å². The Morgan fingerprint density at radius 1 is 1.15 bits per heavy atom. The molecule has 8 nitrogen and oxygen atoms in total. The molecule has 0 radical (unpaired) electrons. The number of rotatable bonds is 3. The van der Waals surface area contributed by atoms with Crippen LogP contribution in [0.3, 0.4) is 0 Å². The Labute approximate surface area is 159 Å². The first-order chi connectivity index (χ1) is 12.7. The molecule has 1 saturated heterocycles. The van der Waals surface area contributed by atoms with Crippen molar-refractivity contribution in [2.24, 2.45) is 5.92 Å². The summed E-state index contributed by atoms with van der Waals surface area (Å²) in [5.74, 6) is 0.216. The number of ether oxygens (including phenoxy) is 1. The molecule has 2 aliphatic rings. The minimum absolute atomic E-state index is 0.254. The van der Waals surface area contributed by atoms with Gasteiger partial charge in [-0.15, -0.1) is 10.2 Å². The van der Waals surface area contributed by atoms with Crippen LogP contribution in [-0.4, -0.2) is 55.5 Å². The van der Waals surface area contributed by atoms with Crippen LogP contribution < -0.4 is 0 Å². The zero-order valence-electron chi connectivity index (χ0n) is 16.2. The molecule has 1 unspecified atom stereocenters. The SMILES string of the molecule is CC(C)(C)OC(=O)N1CCC(/C=C/c2nnc3n2CCCC3C(=O)O)CC1. The lowest BCUT2D eigenvalue weighted by atomic mass is 9.96. The molecule has 2 aliphatic heterocycles. The molecule has 148 valence electrons. The van der Waals surface area contributed by atoms with Crippen molar-refractivity contribution in [3.05, 3.63) is 17.7 Å². The molecule has 1 aromatic rings. The first-order valence-electron chi connectivity index (χ1n) is 9.56. The Morgan fingerprint density at radius 2 is 1.85 bits per heavy atom. The van der Waals surface area contributed by atoms with Crippen molar-refractivity contribution in [1.82, 2.24) is 19.7 Å². The van der Waals surface area contributed by atoms with Gasteiger partial charge in [-0.2, -0.15) is 0 Å². The number of carbonyl (C=O) groups is 2. The molecule has 1 atom stereocenters. The van der Waals surface area contributed by atoms with Gasteiger partial charge in [0, 0.05) is 19.6 Å². The number of fused-ring (bicyclic) bond motifs is 1. The normalized spacial score (nSPS) is 21.3. The maximum Gasteiger partial charge on any atom is 0.410 e. The van der Waals surface area contributed by atoms with Crippen molar-refractivity contribution in [3.63, 3.8) is 0 Å². The number of likely N-dealkylation sites (tertiary alicyclic amines) is 1. The summed E-state index contributed by atoms with van der Waals surface area (Å²) in [4.78, 5) is 25.2. The van der Waals surface area contributed by atoms with E-state index in [2.05, 4.69) is 16.3 Å². The Balaban J connectivity index is 1.58. The van der Waals surface area contributed by atoms with Gasteiger partial charge in [0.2, 0.25) is 0 Å². The molecule has 27 heavy (non-hydrogen) atoms. The highest BCUT2D eigenvalue weighted by atomic mass is 16.6. The fraction of sp³-hybridized carbons (Fsp3) is 0.684. The number of hydrogen-bond donors (Lipinski definition) is 1. The van der Waals surface area contributed by atoms with E-state index in [9.17, 15) is 14.7 Å². The maximum atomic E-state index is 12.1. The minimum atomic E-state index is -0.839. The number of piperidine rings is 1. The maximum absolute atomic E-state index is 12.1. The number of carboxylic acids is 1. The van der Waals surface area contributed by atoms with Gasteiger partial charge in [0.15, 0.2) is 5.82 Å². The summed E-state index contributed by atoms with van der Waals surface area (Å²) in [5, 5.41) is 17.6. The molecule has 1 aromatic heterocycles. The third-order valence-electron chi connectivity index (χ3n) is 5.00. The molecule has 0 saturated carbocycles. The Kier molecular flexibility index (Phi) is 5.53. The lowest BCUT2D eigenvalue weighted by molar-refractivity contribution is -0.139. The van der Waals surface area contributed by atoms with E-state index >= 15 is 0 Å². The standard InChI is InChI=1S/C19H28N4O4/c1-19(2,3)27-18(26)22-11-8-13(9-12-22)6-7-15-20-21-16-14(17(24)25)5-4-10-23(15)16/h6-7,13-14H,4-5,8-12H2,1-3H3,(H,24,25)/b7-6+. The molecule has 0 spiro atoms. The van der Waals surface area contributed by atoms with Crippen LogP contribution in [0.2, 0.25) is 0 Å². The van der Waals surface area contributed by atoms with E-state index in [1.165, 1.54) is 0 Å². The van der Waals surface area contributed by atoms with Gasteiger partial charge in [0.1, 0.15) is 17.3 Å². The second kappa shape index (κ2) is 7.70. The zero-order chi connectivity index (χ0) is 19.6. The summed E-state index contributed by atoms with van der Waals surface area (Å²) in [5.41, 5.74) is -0.478. The molecule has 1 N–H and O–H groups in total. The number of hydrogen-bond acceptors (Lipinski definition) is 5. The van der Waals surface area contributed by atoms with Crippen LogP contribution in [0.5, 0.6) is 0 Å². The van der Waals surface area contributed by atoms with E-state index in [1.54, 1.807) is 4.90 Å². The van der Waals surface area contributed by atoms with E-state index in [1.807, 2.05) is 31.4 Å². The number of carboxylic acid groups (broad SMARTS) is 1. The average Bonchev–Trinajstić information content (AvgIpc) is 3.02. The molecular formula is C19H28N4O4. The first-order valence-corrected chi connectivity index (χ1v) is 9.56. The fourth-order valence-electron chi connectivity index (χ4n) is 3.58. The molecule has 8 heteroatoms. The van der Waals surface area contributed by atoms with E-state index in [0.29, 0.717) is 37.1 Å². The minimum Gasteiger partial charge on any atom is -0.481 e. The molecular weight excluding hydrogens is 348 g/mol. The molecule has 1 fully saturated rings. The predicted octanol–water partition coefficient (Wildman–Crippen LogP) is 2.90. The molecule has 0 aliphatic carbocycles. The quantitative estimate of drug-likeness (QED) is 0.871. The topological polar surface area (TPSA) is 97.5 Å². The molecule has 3 rings (SSSR count). The van der Waals surface area contributed by atoms with Crippen molar-refractivity contribution in [2.45, 2.75) is 64.5 Å². The van der Waals surface area contributed by atoms with Gasteiger partial charge in [0.25, 0.3) is 0 Å². The van der Waals surface area contributed by atoms with Crippen LogP contribution >= 0.6 is 0 Å². The predicted molar refractivity (Wildman–Crippen MR) is 99.2 cm³/mol. The largest absolute Gasteiger partial charge is 0.481 e. The number of aromatic nitrogens is 3. The van der Waals surface area contributed by atoms with Gasteiger partial charge < -0.3 is 19.3 Å². The van der Waals surface area contributed by atoms with Crippen LogP contribution in [0.15, 0.2) is 6.08 Å². The van der Waals surface area contributed by atoms with Gasteiger partial charge in [0.05, 0.1) is 0 Å². The second-order valence-electron chi connectivity index (χ2n) is 8.27. The fourth-order valence-corrected chi connectivity index (χ4v) is 3.58. The Morgan fingerprint density at radius 3 is 2.48 bits per heavy atom. The van der Waals surface area contributed by atoms with Crippen molar-refractivity contribution in [3.8, 4) is 0 Å². The highest BCUT2D eigenvalue weighted by molar-refractivity contribution is 5.75. The van der Waals surface area contributed by atoms with Gasteiger partial charge in [-0.1, -0.05) is 6.08 Å². The number of nitrogens with zero attached hydrogens (tertiary/aromatic N) is 4. The summed E-state index contributed by atoms with van der Waals surface area (Å²) in [6.07, 6.45) is 6.96. The summed E-state index contributed by atoms with van der Waals surface area (Å²) in [7, 11) is 0. The van der Waals surface area contributed by atoms with Gasteiger partial charge in [-0.25, -0.2) is 4.79 Å². The smallest absolute Gasteiger partial charge is 0.410 e. The van der Waals surface area contributed by atoms with Gasteiger partial charge >= 0.3 is 12.1 Å². The average molecular weight is 376 g/mol. The molecule has 0 aromatic carbocycles. The third kappa shape index (κ3) is 4.67. The van der Waals surface area contributed by atoms with Crippen LogP contribution in [-0.2, 0) is 16.1 Å². The lowest BCUT2D eigenvalue weighted by Crippen LogP contribution is -2.41. The third-order valence-corrected chi connectivity index (χ3v) is 5.00. The first kappa shape index (κ1) is 19.4. The summed E-state index contributed by atoms with van der Waals surface area (Å²) < 4.78 is 7.33. The summed E-state index contributed by atoms with van der Waals surface area (Å²) >= 11 is 0. The molecule has 1 amide bonds. The van der Waals surface area contributed by atoms with Crippen LogP contribution in [0, 0.1) is 5.92 Å². The number of allylic oxidation sites excluding steroid dienone is 1. The number of carbonyl (C=O) groups excluding carboxylic acids is 1. The van der Waals surface area contributed by atoms with E-state index in [0.717, 1.165) is 25.8 Å². The van der Waals surface area contributed by atoms with Gasteiger partial charge in [-0.05, 0) is 58.4 Å². The van der Waals surface area contributed by atoms with Crippen molar-refractivity contribution in [1.29, 1.82) is 0 Å². The Hall–Kier alpha value is -2.38. The summed E-state index contributed by atoms with van der Waals surface area (Å²) in [6, 6.07) is 0. The molecule has 0 bridgehead atoms. The van der Waals surface area contributed by atoms with Crippen molar-refractivity contribution < 1.29 is 19.4 Å². The van der Waals surface area contributed by atoms with Crippen LogP contribution in [0.4, 0.5) is 4.79 Å². The monoisotopic (exact) mass is 376 g/mol. The second-order valence-corrected chi connectivity index (χ2v) is 8.27. The van der Waals surface area contributed by atoms with E-state index < -0.39 is 17.5 Å². The van der Waals surface area contributed by atoms with E-state index in [-0.39, 0.29) is 6.09 Å². The lowest BCUT2D eigenvalue weighted by Gasteiger charge is -2.32. The molecule has 3 heterocycles. The summed E-state index contributed by atoms with van der Waals surface area (Å²) in [6.45, 7) is 7.70. The highest BCUT2D eigenvalue weighted by Crippen LogP contribution is 2.28.